The zero-order valence-electron chi connectivity index (χ0n) is 19.7. The second kappa shape index (κ2) is 9.21. The molecular weight excluding hydrogens is 482 g/mol. The van der Waals surface area contributed by atoms with Gasteiger partial charge >= 0.3 is 12.2 Å². The normalized spacial score (nSPS) is 15.9. The lowest BCUT2D eigenvalue weighted by Crippen LogP contribution is -2.36. The summed E-state index contributed by atoms with van der Waals surface area (Å²) in [4.78, 5) is 31.5. The van der Waals surface area contributed by atoms with Crippen molar-refractivity contribution in [1.29, 1.82) is 0 Å². The van der Waals surface area contributed by atoms with Crippen molar-refractivity contribution in [3.63, 3.8) is 0 Å². The van der Waals surface area contributed by atoms with Crippen LogP contribution >= 0.6 is 0 Å². The Balaban J connectivity index is 1.87. The van der Waals surface area contributed by atoms with Crippen LogP contribution < -0.4 is 15.4 Å². The number of fused-ring (bicyclic) bond motifs is 1. The number of hydrogen-bond donors (Lipinski definition) is 1. The molecule has 190 valence electrons. The number of aromatic nitrogens is 4. The van der Waals surface area contributed by atoms with E-state index in [-0.39, 0.29) is 46.1 Å². The maximum Gasteiger partial charge on any atom is 0.418 e. The van der Waals surface area contributed by atoms with E-state index in [1.165, 1.54) is 26.3 Å². The minimum absolute atomic E-state index is 0.155. The van der Waals surface area contributed by atoms with Gasteiger partial charge in [0.15, 0.2) is 5.82 Å². The molecule has 1 aliphatic heterocycles. The molecule has 1 atom stereocenters. The first-order valence-electron chi connectivity index (χ1n) is 10.8. The number of hydrogen-bond acceptors (Lipinski definition) is 8. The number of amides is 1. The molecule has 0 radical (unpaired) electrons. The summed E-state index contributed by atoms with van der Waals surface area (Å²) >= 11 is 0. The fourth-order valence-corrected chi connectivity index (χ4v) is 4.33. The number of likely N-dealkylation sites (N-methyl/N-ethyl adjacent to an activating group) is 1. The van der Waals surface area contributed by atoms with Gasteiger partial charge in [-0.3, -0.25) is 9.78 Å². The number of carbonyl (C=O) groups excluding carboxylic acids is 1. The highest BCUT2D eigenvalue weighted by molar-refractivity contribution is 5.92. The zero-order chi connectivity index (χ0) is 26.4. The highest BCUT2D eigenvalue weighted by Crippen LogP contribution is 2.40. The second-order valence-electron chi connectivity index (χ2n) is 8.34. The highest BCUT2D eigenvalue weighted by atomic mass is 19.4. The molecule has 13 heteroatoms. The van der Waals surface area contributed by atoms with Gasteiger partial charge in [-0.25, -0.2) is 9.37 Å². The Bertz CT molecular complexity index is 1360. The average molecular weight is 505 g/mol. The summed E-state index contributed by atoms with van der Waals surface area (Å²) in [6.07, 6.45) is -1.79. The van der Waals surface area contributed by atoms with E-state index in [4.69, 9.17) is 10.5 Å². The van der Waals surface area contributed by atoms with Crippen LogP contribution in [0.25, 0.3) is 22.3 Å². The third-order valence-corrected chi connectivity index (χ3v) is 6.10. The summed E-state index contributed by atoms with van der Waals surface area (Å²) in [6, 6.07) is 0.700. The Morgan fingerprint density at radius 2 is 2.03 bits per heavy atom. The molecule has 1 unspecified atom stereocenters. The molecule has 1 fully saturated rings. The van der Waals surface area contributed by atoms with E-state index in [1.807, 2.05) is 0 Å². The summed E-state index contributed by atoms with van der Waals surface area (Å²) in [7, 11) is 3.00. The highest BCUT2D eigenvalue weighted by Gasteiger charge is 2.38. The summed E-state index contributed by atoms with van der Waals surface area (Å²) in [5, 5.41) is 0.155. The minimum atomic E-state index is -4.82. The molecule has 4 rings (SSSR count). The van der Waals surface area contributed by atoms with Gasteiger partial charge in [-0.1, -0.05) is 6.58 Å². The van der Waals surface area contributed by atoms with E-state index in [0.717, 1.165) is 6.07 Å². The van der Waals surface area contributed by atoms with Gasteiger partial charge in [0.2, 0.25) is 5.91 Å². The predicted octanol–water partition coefficient (Wildman–Crippen LogP) is 3.37. The molecular formula is C23H23F4N7O2. The van der Waals surface area contributed by atoms with Crippen LogP contribution in [0.15, 0.2) is 24.9 Å². The van der Waals surface area contributed by atoms with E-state index in [2.05, 4.69) is 26.5 Å². The van der Waals surface area contributed by atoms with Crippen LogP contribution in [-0.2, 0) is 11.0 Å². The maximum absolute atomic E-state index is 15.8. The van der Waals surface area contributed by atoms with E-state index in [0.29, 0.717) is 19.5 Å². The molecule has 9 nitrogen and oxygen atoms in total. The molecule has 1 aliphatic rings. The molecule has 3 aromatic heterocycles. The van der Waals surface area contributed by atoms with Crippen molar-refractivity contribution in [3.8, 4) is 17.4 Å². The first-order chi connectivity index (χ1) is 17.0. The second-order valence-corrected chi connectivity index (χ2v) is 8.34. The number of aryl methyl sites for hydroxylation is 1. The van der Waals surface area contributed by atoms with Crippen LogP contribution in [-0.4, -0.2) is 64.0 Å². The average Bonchev–Trinajstić information content (AvgIpc) is 3.31. The predicted molar refractivity (Wildman–Crippen MR) is 125 cm³/mol. The number of nitrogen functional groups attached to an aromatic ring is 1. The first-order valence-corrected chi connectivity index (χ1v) is 10.8. The molecule has 0 spiro atoms. The lowest BCUT2D eigenvalue weighted by molar-refractivity contribution is -0.137. The Hall–Kier alpha value is -4.03. The number of methoxy groups -OCH3 is 1. The summed E-state index contributed by atoms with van der Waals surface area (Å²) in [6.45, 7) is 5.59. The molecule has 0 saturated carbocycles. The van der Waals surface area contributed by atoms with Gasteiger partial charge in [0.1, 0.15) is 28.5 Å². The van der Waals surface area contributed by atoms with Crippen LogP contribution in [0.3, 0.4) is 0 Å². The van der Waals surface area contributed by atoms with Crippen molar-refractivity contribution < 1.29 is 27.1 Å². The lowest BCUT2D eigenvalue weighted by Gasteiger charge is -2.27. The fraction of sp³-hybridized carbons (Fsp3) is 0.348. The fourth-order valence-electron chi connectivity index (χ4n) is 4.33. The molecule has 0 aliphatic carbocycles. The maximum atomic E-state index is 15.8. The van der Waals surface area contributed by atoms with Crippen molar-refractivity contribution in [1.82, 2.24) is 24.8 Å². The third kappa shape index (κ3) is 4.36. The SMILES string of the molecule is C=CC(=O)N1CCC(N(C)c2nc(OC)nc3c(F)c(-c4nc(N)cc(C)c4C(F)(F)F)ncc23)C1. The quantitative estimate of drug-likeness (QED) is 0.415. The topological polar surface area (TPSA) is 110 Å². The Kier molecular flexibility index (Phi) is 6.41. The number of halogens is 4. The number of alkyl halides is 3. The van der Waals surface area contributed by atoms with Gasteiger partial charge in [-0.05, 0) is 31.1 Å². The number of carbonyl (C=O) groups is 1. The van der Waals surface area contributed by atoms with E-state index >= 15 is 4.39 Å². The molecule has 1 amide bonds. The molecule has 0 aromatic carbocycles. The Morgan fingerprint density at radius 1 is 1.31 bits per heavy atom. The van der Waals surface area contributed by atoms with Gasteiger partial charge in [0, 0.05) is 32.4 Å². The van der Waals surface area contributed by atoms with E-state index < -0.39 is 28.9 Å². The van der Waals surface area contributed by atoms with Crippen LogP contribution in [0.4, 0.5) is 29.2 Å². The van der Waals surface area contributed by atoms with Crippen LogP contribution in [0.1, 0.15) is 17.5 Å². The van der Waals surface area contributed by atoms with Gasteiger partial charge in [0.05, 0.1) is 18.1 Å². The van der Waals surface area contributed by atoms with Crippen molar-refractivity contribution >= 4 is 28.4 Å². The molecule has 1 saturated heterocycles. The number of rotatable bonds is 5. The van der Waals surface area contributed by atoms with Crippen molar-refractivity contribution in [2.24, 2.45) is 0 Å². The number of nitrogens with zero attached hydrogens (tertiary/aromatic N) is 6. The van der Waals surface area contributed by atoms with Crippen molar-refractivity contribution in [2.45, 2.75) is 25.6 Å². The minimum Gasteiger partial charge on any atom is -0.467 e. The third-order valence-electron chi connectivity index (χ3n) is 6.10. The standard InChI is InChI=1S/C23H23F4N7O2/c1-5-15(35)34-7-6-12(10-34)33(3)21-13-9-29-20(17(24)18(13)31-22(32-21)36-4)19-16(23(25,26)27)11(2)8-14(28)30-19/h5,8-9,12H,1,6-7,10H2,2-4H3,(H2,28,30). The Morgan fingerprint density at radius 3 is 2.67 bits per heavy atom. The molecule has 3 aromatic rings. The number of anilines is 2. The number of nitrogens with two attached hydrogens (primary N) is 1. The first kappa shape index (κ1) is 25.1. The van der Waals surface area contributed by atoms with Gasteiger partial charge in [-0.15, -0.1) is 0 Å². The largest absolute Gasteiger partial charge is 0.467 e. The van der Waals surface area contributed by atoms with Crippen molar-refractivity contribution in [3.05, 3.63) is 41.9 Å². The smallest absolute Gasteiger partial charge is 0.418 e. The van der Waals surface area contributed by atoms with E-state index in [1.54, 1.807) is 16.8 Å². The molecule has 36 heavy (non-hydrogen) atoms. The van der Waals surface area contributed by atoms with Gasteiger partial charge in [0.25, 0.3) is 0 Å². The molecule has 4 heterocycles. The van der Waals surface area contributed by atoms with Crippen LogP contribution in [0, 0.1) is 12.7 Å². The van der Waals surface area contributed by atoms with Gasteiger partial charge in [-0.2, -0.15) is 23.1 Å². The molecule has 0 bridgehead atoms. The number of pyridine rings is 2. The Labute approximate surface area is 203 Å². The van der Waals surface area contributed by atoms with E-state index in [9.17, 15) is 18.0 Å². The van der Waals surface area contributed by atoms with Crippen molar-refractivity contribution in [2.75, 3.05) is 37.9 Å². The van der Waals surface area contributed by atoms with Crippen LogP contribution in [0.5, 0.6) is 6.01 Å². The zero-order valence-corrected chi connectivity index (χ0v) is 19.7. The van der Waals surface area contributed by atoms with Crippen LogP contribution in [0.2, 0.25) is 0 Å². The number of likely N-dealkylation sites (tertiary alicyclic amines) is 1. The monoisotopic (exact) mass is 505 g/mol. The lowest BCUT2D eigenvalue weighted by atomic mass is 10.0. The molecule has 2 N–H and O–H groups in total. The summed E-state index contributed by atoms with van der Waals surface area (Å²) < 4.78 is 62.4. The summed E-state index contributed by atoms with van der Waals surface area (Å²) in [5.41, 5.74) is 2.65. The summed E-state index contributed by atoms with van der Waals surface area (Å²) in [5.74, 6) is -1.29. The van der Waals surface area contributed by atoms with Gasteiger partial charge < -0.3 is 20.3 Å². The number of ether oxygens (including phenoxy) is 1.